The maximum Gasteiger partial charge on any atom is 0.179 e. The van der Waals surface area contributed by atoms with Gasteiger partial charge in [0, 0.05) is 13.6 Å². The van der Waals surface area contributed by atoms with E-state index >= 15 is 0 Å². The normalized spacial score (nSPS) is 12.2. The van der Waals surface area contributed by atoms with Crippen molar-refractivity contribution in [2.24, 2.45) is 12.8 Å². The number of nitrogens with two attached hydrogens (primary N) is 1. The first-order chi connectivity index (χ1) is 7.95. The van der Waals surface area contributed by atoms with E-state index in [1.807, 2.05) is 18.5 Å². The standard InChI is InChI=1S/C11H15N3O2S/c1-8-13-10-7-9(17(15,16)6-5-12)3-4-11(10)14(8)2/h3-4,7H,5-6,12H2,1-2H3. The zero-order chi connectivity index (χ0) is 12.6. The van der Waals surface area contributed by atoms with Gasteiger partial charge < -0.3 is 10.3 Å². The number of rotatable bonds is 3. The number of fused-ring (bicyclic) bond motifs is 1. The van der Waals surface area contributed by atoms with Gasteiger partial charge in [0.1, 0.15) is 5.82 Å². The zero-order valence-electron chi connectivity index (χ0n) is 9.84. The van der Waals surface area contributed by atoms with E-state index in [0.717, 1.165) is 11.3 Å². The molecule has 1 heterocycles. The Kier molecular flexibility index (Phi) is 2.92. The van der Waals surface area contributed by atoms with E-state index in [2.05, 4.69) is 4.98 Å². The Morgan fingerprint density at radius 3 is 2.76 bits per heavy atom. The van der Waals surface area contributed by atoms with Crippen LogP contribution >= 0.6 is 0 Å². The van der Waals surface area contributed by atoms with Gasteiger partial charge in [0.05, 0.1) is 21.7 Å². The Balaban J connectivity index is 2.60. The van der Waals surface area contributed by atoms with E-state index in [4.69, 9.17) is 5.73 Å². The minimum Gasteiger partial charge on any atom is -0.331 e. The van der Waals surface area contributed by atoms with Gasteiger partial charge in [-0.15, -0.1) is 0 Å². The van der Waals surface area contributed by atoms with E-state index < -0.39 is 9.84 Å². The molecule has 1 aromatic carbocycles. The molecule has 0 unspecified atom stereocenters. The Morgan fingerprint density at radius 1 is 1.41 bits per heavy atom. The minimum atomic E-state index is -3.28. The number of hydrogen-bond acceptors (Lipinski definition) is 4. The summed E-state index contributed by atoms with van der Waals surface area (Å²) >= 11 is 0. The molecule has 92 valence electrons. The lowest BCUT2D eigenvalue weighted by Gasteiger charge is -2.02. The number of imidazole rings is 1. The van der Waals surface area contributed by atoms with Crippen LogP contribution in [0, 0.1) is 6.92 Å². The van der Waals surface area contributed by atoms with Crippen molar-refractivity contribution in [1.82, 2.24) is 9.55 Å². The van der Waals surface area contributed by atoms with Crippen molar-refractivity contribution in [3.8, 4) is 0 Å². The van der Waals surface area contributed by atoms with Crippen LogP contribution < -0.4 is 5.73 Å². The second-order valence-electron chi connectivity index (χ2n) is 3.98. The number of hydrogen-bond donors (Lipinski definition) is 1. The van der Waals surface area contributed by atoms with Gasteiger partial charge in [-0.25, -0.2) is 13.4 Å². The quantitative estimate of drug-likeness (QED) is 0.869. The van der Waals surface area contributed by atoms with Crippen molar-refractivity contribution in [3.63, 3.8) is 0 Å². The maximum absolute atomic E-state index is 11.9. The van der Waals surface area contributed by atoms with Gasteiger partial charge in [0.15, 0.2) is 9.84 Å². The molecule has 0 aliphatic rings. The van der Waals surface area contributed by atoms with Gasteiger partial charge in [-0.1, -0.05) is 0 Å². The van der Waals surface area contributed by atoms with Crippen molar-refractivity contribution >= 4 is 20.9 Å². The Hall–Kier alpha value is -1.40. The largest absolute Gasteiger partial charge is 0.331 e. The van der Waals surface area contributed by atoms with Gasteiger partial charge in [0.25, 0.3) is 0 Å². The Labute approximate surface area is 100 Å². The first-order valence-corrected chi connectivity index (χ1v) is 6.97. The van der Waals surface area contributed by atoms with Gasteiger partial charge in [-0.05, 0) is 25.1 Å². The molecule has 0 aliphatic carbocycles. The summed E-state index contributed by atoms with van der Waals surface area (Å²) in [6, 6.07) is 4.99. The zero-order valence-corrected chi connectivity index (χ0v) is 10.7. The summed E-state index contributed by atoms with van der Waals surface area (Å²) in [6.45, 7) is 2.01. The smallest absolute Gasteiger partial charge is 0.179 e. The molecule has 0 bridgehead atoms. The summed E-state index contributed by atoms with van der Waals surface area (Å²) in [5, 5.41) is 0. The van der Waals surface area contributed by atoms with E-state index in [-0.39, 0.29) is 17.2 Å². The lowest BCUT2D eigenvalue weighted by Crippen LogP contribution is -2.15. The van der Waals surface area contributed by atoms with Gasteiger partial charge >= 0.3 is 0 Å². The van der Waals surface area contributed by atoms with Gasteiger partial charge in [-0.3, -0.25) is 0 Å². The molecule has 0 atom stereocenters. The van der Waals surface area contributed by atoms with Crippen molar-refractivity contribution in [2.75, 3.05) is 12.3 Å². The summed E-state index contributed by atoms with van der Waals surface area (Å²) in [5.74, 6) is 0.818. The van der Waals surface area contributed by atoms with Crippen molar-refractivity contribution in [2.45, 2.75) is 11.8 Å². The lowest BCUT2D eigenvalue weighted by atomic mass is 10.3. The molecular weight excluding hydrogens is 238 g/mol. The average molecular weight is 253 g/mol. The van der Waals surface area contributed by atoms with Crippen molar-refractivity contribution < 1.29 is 8.42 Å². The van der Waals surface area contributed by atoms with Crippen LogP contribution in [0.1, 0.15) is 5.82 Å². The van der Waals surface area contributed by atoms with E-state index in [9.17, 15) is 8.42 Å². The second kappa shape index (κ2) is 4.12. The minimum absolute atomic E-state index is 0.0374. The predicted molar refractivity (Wildman–Crippen MR) is 66.6 cm³/mol. The fourth-order valence-electron chi connectivity index (χ4n) is 1.77. The first-order valence-electron chi connectivity index (χ1n) is 5.31. The topological polar surface area (TPSA) is 78.0 Å². The SMILES string of the molecule is Cc1nc2cc(S(=O)(=O)CCN)ccc2n1C. The number of benzene rings is 1. The number of aromatic nitrogens is 2. The summed E-state index contributed by atoms with van der Waals surface area (Å²) in [4.78, 5) is 4.60. The molecule has 17 heavy (non-hydrogen) atoms. The molecule has 0 saturated heterocycles. The number of sulfone groups is 1. The Morgan fingerprint density at radius 2 is 2.12 bits per heavy atom. The van der Waals surface area contributed by atoms with Crippen molar-refractivity contribution in [3.05, 3.63) is 24.0 Å². The predicted octanol–water partition coefficient (Wildman–Crippen LogP) is 0.614. The summed E-state index contributed by atoms with van der Waals surface area (Å²) < 4.78 is 25.6. The second-order valence-corrected chi connectivity index (χ2v) is 6.09. The molecule has 0 amide bonds. The van der Waals surface area contributed by atoms with Crippen LogP contribution in [0.2, 0.25) is 0 Å². The number of nitrogens with zero attached hydrogens (tertiary/aromatic N) is 2. The molecule has 0 spiro atoms. The molecule has 0 saturated carbocycles. The van der Waals surface area contributed by atoms with Crippen LogP contribution in [0.3, 0.4) is 0 Å². The molecular formula is C11H15N3O2S. The highest BCUT2D eigenvalue weighted by molar-refractivity contribution is 7.91. The molecule has 0 fully saturated rings. The molecule has 5 nitrogen and oxygen atoms in total. The molecule has 6 heteroatoms. The van der Waals surface area contributed by atoms with E-state index in [0.29, 0.717) is 5.52 Å². The third-order valence-electron chi connectivity index (χ3n) is 2.82. The maximum atomic E-state index is 11.9. The van der Waals surface area contributed by atoms with Gasteiger partial charge in [-0.2, -0.15) is 0 Å². The van der Waals surface area contributed by atoms with Crippen LogP contribution in [-0.2, 0) is 16.9 Å². The van der Waals surface area contributed by atoms with E-state index in [1.165, 1.54) is 0 Å². The Bertz CT molecular complexity index is 659. The summed E-state index contributed by atoms with van der Waals surface area (Å²) in [7, 11) is -1.38. The average Bonchev–Trinajstić information content (AvgIpc) is 2.54. The van der Waals surface area contributed by atoms with Crippen LogP contribution in [0.4, 0.5) is 0 Å². The van der Waals surface area contributed by atoms with Crippen LogP contribution in [-0.4, -0.2) is 30.3 Å². The van der Waals surface area contributed by atoms with Crippen molar-refractivity contribution in [1.29, 1.82) is 0 Å². The lowest BCUT2D eigenvalue weighted by molar-refractivity contribution is 0.596. The fraction of sp³-hybridized carbons (Fsp3) is 0.364. The number of aryl methyl sites for hydroxylation is 2. The molecule has 1 aromatic heterocycles. The van der Waals surface area contributed by atoms with Crippen LogP contribution in [0.5, 0.6) is 0 Å². The molecule has 2 N–H and O–H groups in total. The fourth-order valence-corrected chi connectivity index (χ4v) is 2.88. The third-order valence-corrected chi connectivity index (χ3v) is 4.57. The first kappa shape index (κ1) is 12.1. The monoisotopic (exact) mass is 253 g/mol. The molecule has 2 rings (SSSR count). The highest BCUT2D eigenvalue weighted by Crippen LogP contribution is 2.19. The van der Waals surface area contributed by atoms with E-state index in [1.54, 1.807) is 18.2 Å². The van der Waals surface area contributed by atoms with Gasteiger partial charge in [0.2, 0.25) is 0 Å². The summed E-state index contributed by atoms with van der Waals surface area (Å²) in [5.41, 5.74) is 6.92. The molecule has 2 aromatic rings. The summed E-state index contributed by atoms with van der Waals surface area (Å²) in [6.07, 6.45) is 0. The third kappa shape index (κ3) is 2.05. The highest BCUT2D eigenvalue weighted by Gasteiger charge is 2.15. The highest BCUT2D eigenvalue weighted by atomic mass is 32.2. The molecule has 0 radical (unpaired) electrons. The van der Waals surface area contributed by atoms with Crippen LogP contribution in [0.15, 0.2) is 23.1 Å². The van der Waals surface area contributed by atoms with Crippen LogP contribution in [0.25, 0.3) is 11.0 Å². The molecule has 0 aliphatic heterocycles.